The van der Waals surface area contributed by atoms with Crippen LogP contribution in [-0.2, 0) is 13.2 Å². The van der Waals surface area contributed by atoms with Gasteiger partial charge in [-0.2, -0.15) is 5.10 Å². The van der Waals surface area contributed by atoms with Crippen molar-refractivity contribution < 1.29 is 9.53 Å². The molecule has 4 aromatic rings. The summed E-state index contributed by atoms with van der Waals surface area (Å²) in [6, 6.07) is 14.5. The van der Waals surface area contributed by atoms with E-state index in [4.69, 9.17) is 16.3 Å². The summed E-state index contributed by atoms with van der Waals surface area (Å²) in [5, 5.41) is 9.84. The van der Waals surface area contributed by atoms with Crippen LogP contribution >= 0.6 is 22.9 Å². The number of benzene rings is 2. The van der Waals surface area contributed by atoms with Gasteiger partial charge in [0.25, 0.3) is 5.91 Å². The molecule has 0 saturated heterocycles. The first-order valence-corrected chi connectivity index (χ1v) is 10.2. The van der Waals surface area contributed by atoms with Crippen LogP contribution in [0.15, 0.2) is 71.8 Å². The molecular formula is C21H17ClN4O2S. The SMILES string of the molecule is O=C(NCc1cnn(-c2ccc(Cl)cc2)c1)c1ccccc1OCc1cscn1. The Labute approximate surface area is 176 Å². The summed E-state index contributed by atoms with van der Waals surface area (Å²) in [4.78, 5) is 16.9. The highest BCUT2D eigenvalue weighted by atomic mass is 35.5. The zero-order chi connectivity index (χ0) is 20.1. The number of carbonyl (C=O) groups is 1. The van der Waals surface area contributed by atoms with Crippen molar-refractivity contribution in [2.24, 2.45) is 0 Å². The standard InChI is InChI=1S/C21H17ClN4O2S/c22-16-5-7-18(8-6-16)26-11-15(10-25-26)9-23-21(27)19-3-1-2-4-20(19)28-12-17-13-29-14-24-17/h1-8,10-11,13-14H,9,12H2,(H,23,27). The van der Waals surface area contributed by atoms with Crippen molar-refractivity contribution in [3.63, 3.8) is 0 Å². The number of carbonyl (C=O) groups excluding carboxylic acids is 1. The maximum atomic E-state index is 12.7. The van der Waals surface area contributed by atoms with Crippen molar-refractivity contribution in [2.75, 3.05) is 0 Å². The van der Waals surface area contributed by atoms with Gasteiger partial charge in [0.05, 0.1) is 28.7 Å². The van der Waals surface area contributed by atoms with Crippen molar-refractivity contribution in [3.8, 4) is 11.4 Å². The van der Waals surface area contributed by atoms with Crippen LogP contribution < -0.4 is 10.1 Å². The third-order valence-electron chi connectivity index (χ3n) is 4.17. The van der Waals surface area contributed by atoms with Crippen molar-refractivity contribution in [2.45, 2.75) is 13.2 Å². The van der Waals surface area contributed by atoms with Crippen LogP contribution in [-0.4, -0.2) is 20.7 Å². The molecule has 29 heavy (non-hydrogen) atoms. The zero-order valence-corrected chi connectivity index (χ0v) is 16.9. The summed E-state index contributed by atoms with van der Waals surface area (Å²) in [5.41, 5.74) is 4.84. The van der Waals surface area contributed by atoms with Gasteiger partial charge < -0.3 is 10.1 Å². The van der Waals surface area contributed by atoms with Crippen LogP contribution in [0.5, 0.6) is 5.75 Å². The third kappa shape index (κ3) is 4.82. The van der Waals surface area contributed by atoms with Gasteiger partial charge in [-0.1, -0.05) is 23.7 Å². The molecule has 6 nitrogen and oxygen atoms in total. The molecule has 0 aliphatic rings. The largest absolute Gasteiger partial charge is 0.486 e. The van der Waals surface area contributed by atoms with Crippen molar-refractivity contribution in [3.05, 3.63) is 93.7 Å². The number of nitrogens with zero attached hydrogens (tertiary/aromatic N) is 3. The lowest BCUT2D eigenvalue weighted by molar-refractivity contribution is 0.0946. The molecule has 0 fully saturated rings. The van der Waals surface area contributed by atoms with Gasteiger partial charge in [-0.25, -0.2) is 9.67 Å². The molecule has 0 saturated carbocycles. The van der Waals surface area contributed by atoms with E-state index in [9.17, 15) is 4.79 Å². The van der Waals surface area contributed by atoms with Gasteiger partial charge in [0.1, 0.15) is 12.4 Å². The predicted molar refractivity (Wildman–Crippen MR) is 113 cm³/mol. The maximum Gasteiger partial charge on any atom is 0.255 e. The Balaban J connectivity index is 1.39. The summed E-state index contributed by atoms with van der Waals surface area (Å²) in [5.74, 6) is 0.313. The van der Waals surface area contributed by atoms with Gasteiger partial charge in [-0.3, -0.25) is 4.79 Å². The highest BCUT2D eigenvalue weighted by Gasteiger charge is 2.13. The first kappa shape index (κ1) is 19.2. The van der Waals surface area contributed by atoms with E-state index in [1.165, 1.54) is 11.3 Å². The quantitative estimate of drug-likeness (QED) is 0.474. The molecule has 4 rings (SSSR count). The second kappa shape index (κ2) is 8.89. The second-order valence-corrected chi connectivity index (χ2v) is 7.37. The number of aromatic nitrogens is 3. The number of nitrogens with one attached hydrogen (secondary N) is 1. The minimum Gasteiger partial charge on any atom is -0.486 e. The van der Waals surface area contributed by atoms with Gasteiger partial charge >= 0.3 is 0 Å². The molecule has 0 atom stereocenters. The predicted octanol–water partition coefficient (Wildman–Crippen LogP) is 4.49. The van der Waals surface area contributed by atoms with E-state index in [2.05, 4.69) is 15.4 Å². The molecule has 2 aromatic carbocycles. The molecule has 0 aliphatic heterocycles. The number of rotatable bonds is 7. The number of amides is 1. The highest BCUT2D eigenvalue weighted by Crippen LogP contribution is 2.20. The Morgan fingerprint density at radius 2 is 2.00 bits per heavy atom. The first-order valence-electron chi connectivity index (χ1n) is 8.85. The van der Waals surface area contributed by atoms with Crippen LogP contribution in [0.25, 0.3) is 5.69 Å². The number of para-hydroxylation sites is 1. The number of halogens is 1. The summed E-state index contributed by atoms with van der Waals surface area (Å²) in [6.07, 6.45) is 3.59. The number of thiazole rings is 1. The van der Waals surface area contributed by atoms with Gasteiger partial charge in [0.15, 0.2) is 0 Å². The Morgan fingerprint density at radius 3 is 2.79 bits per heavy atom. The molecule has 0 spiro atoms. The minimum atomic E-state index is -0.210. The van der Waals surface area contributed by atoms with Gasteiger partial charge in [0.2, 0.25) is 0 Å². The molecule has 8 heteroatoms. The van der Waals surface area contributed by atoms with E-state index in [1.807, 2.05) is 48.0 Å². The molecule has 2 heterocycles. The number of ether oxygens (including phenoxy) is 1. The molecule has 1 N–H and O–H groups in total. The number of hydrogen-bond acceptors (Lipinski definition) is 5. The smallest absolute Gasteiger partial charge is 0.255 e. The van der Waals surface area contributed by atoms with Gasteiger partial charge in [-0.15, -0.1) is 11.3 Å². The number of hydrogen-bond donors (Lipinski definition) is 1. The summed E-state index contributed by atoms with van der Waals surface area (Å²) in [7, 11) is 0. The van der Waals surface area contributed by atoms with Crippen LogP contribution in [0.3, 0.4) is 0 Å². The molecule has 0 bridgehead atoms. The fourth-order valence-corrected chi connectivity index (χ4v) is 3.37. The van der Waals surface area contributed by atoms with E-state index in [0.29, 0.717) is 29.5 Å². The van der Waals surface area contributed by atoms with E-state index in [0.717, 1.165) is 16.9 Å². The lowest BCUT2D eigenvalue weighted by Gasteiger charge is -2.10. The molecule has 2 aromatic heterocycles. The molecular weight excluding hydrogens is 408 g/mol. The molecule has 1 amide bonds. The van der Waals surface area contributed by atoms with Crippen LogP contribution in [0.1, 0.15) is 21.6 Å². The van der Waals surface area contributed by atoms with Crippen molar-refractivity contribution in [1.29, 1.82) is 0 Å². The summed E-state index contributed by atoms with van der Waals surface area (Å²) in [6.45, 7) is 0.675. The van der Waals surface area contributed by atoms with Gasteiger partial charge in [-0.05, 0) is 36.4 Å². The van der Waals surface area contributed by atoms with Crippen LogP contribution in [0.2, 0.25) is 5.02 Å². The summed E-state index contributed by atoms with van der Waals surface area (Å²) < 4.78 is 7.52. The van der Waals surface area contributed by atoms with E-state index in [-0.39, 0.29) is 5.91 Å². The monoisotopic (exact) mass is 424 g/mol. The highest BCUT2D eigenvalue weighted by molar-refractivity contribution is 7.07. The minimum absolute atomic E-state index is 0.210. The topological polar surface area (TPSA) is 69.0 Å². The van der Waals surface area contributed by atoms with E-state index in [1.54, 1.807) is 28.5 Å². The maximum absolute atomic E-state index is 12.7. The fraction of sp³-hybridized carbons (Fsp3) is 0.0952. The lowest BCUT2D eigenvalue weighted by atomic mass is 10.2. The van der Waals surface area contributed by atoms with Crippen LogP contribution in [0, 0.1) is 0 Å². The Morgan fingerprint density at radius 1 is 1.17 bits per heavy atom. The van der Waals surface area contributed by atoms with Crippen LogP contribution in [0.4, 0.5) is 0 Å². The Bertz CT molecular complexity index is 1090. The summed E-state index contributed by atoms with van der Waals surface area (Å²) >= 11 is 7.43. The fourth-order valence-electron chi connectivity index (χ4n) is 2.70. The molecule has 0 aliphatic carbocycles. The average molecular weight is 425 g/mol. The van der Waals surface area contributed by atoms with E-state index >= 15 is 0 Å². The average Bonchev–Trinajstić information content (AvgIpc) is 3.43. The Kier molecular flexibility index (Phi) is 5.88. The van der Waals surface area contributed by atoms with Crippen molar-refractivity contribution >= 4 is 28.8 Å². The zero-order valence-electron chi connectivity index (χ0n) is 15.3. The van der Waals surface area contributed by atoms with Gasteiger partial charge in [0, 0.05) is 28.7 Å². The molecule has 0 radical (unpaired) electrons. The second-order valence-electron chi connectivity index (χ2n) is 6.22. The van der Waals surface area contributed by atoms with E-state index < -0.39 is 0 Å². The Hall–Kier alpha value is -3.16. The third-order valence-corrected chi connectivity index (χ3v) is 5.06. The lowest BCUT2D eigenvalue weighted by Crippen LogP contribution is -2.23. The normalized spacial score (nSPS) is 10.7. The molecule has 146 valence electrons. The first-order chi connectivity index (χ1) is 14.2. The molecule has 0 unspecified atom stereocenters. The van der Waals surface area contributed by atoms with Crippen molar-refractivity contribution in [1.82, 2.24) is 20.1 Å².